The molecule has 0 fully saturated rings. The first-order valence-corrected chi connectivity index (χ1v) is 10.4. The van der Waals surface area contributed by atoms with Crippen molar-refractivity contribution >= 4 is 21.9 Å². The largest absolute Gasteiger partial charge is 0.573 e. The topological polar surface area (TPSA) is 54.0 Å². The minimum atomic E-state index is -4.75. The van der Waals surface area contributed by atoms with E-state index in [4.69, 9.17) is 9.47 Å². The van der Waals surface area contributed by atoms with Crippen LogP contribution in [0.15, 0.2) is 40.9 Å². The molecule has 2 rings (SSSR count). The maximum atomic E-state index is 12.3. The van der Waals surface area contributed by atoms with Crippen LogP contribution < -0.4 is 14.2 Å². The van der Waals surface area contributed by atoms with Gasteiger partial charge in [-0.05, 0) is 77.7 Å². The molecule has 0 N–H and O–H groups in total. The van der Waals surface area contributed by atoms with E-state index in [-0.39, 0.29) is 17.8 Å². The minimum Gasteiger partial charge on any atom is -0.493 e. The Labute approximate surface area is 187 Å². The summed E-state index contributed by atoms with van der Waals surface area (Å²) in [6.07, 6.45) is -3.48. The average molecular weight is 505 g/mol. The zero-order chi connectivity index (χ0) is 23.0. The first-order chi connectivity index (χ1) is 14.6. The van der Waals surface area contributed by atoms with E-state index in [0.29, 0.717) is 41.8 Å². The molecule has 0 aliphatic rings. The number of halogens is 4. The minimum absolute atomic E-state index is 0.230. The van der Waals surface area contributed by atoms with Gasteiger partial charge in [0.15, 0.2) is 0 Å². The van der Waals surface area contributed by atoms with Crippen molar-refractivity contribution in [2.45, 2.75) is 45.6 Å². The van der Waals surface area contributed by atoms with Crippen LogP contribution in [0.2, 0.25) is 0 Å². The highest BCUT2D eigenvalue weighted by atomic mass is 79.9. The van der Waals surface area contributed by atoms with Crippen LogP contribution in [0.3, 0.4) is 0 Å². The molecule has 170 valence electrons. The van der Waals surface area contributed by atoms with E-state index in [2.05, 4.69) is 25.4 Å². The number of esters is 1. The van der Waals surface area contributed by atoms with Crippen molar-refractivity contribution < 1.29 is 36.9 Å². The van der Waals surface area contributed by atoms with Crippen LogP contribution in [0, 0.1) is 6.92 Å². The van der Waals surface area contributed by atoms with Gasteiger partial charge in [-0.25, -0.2) is 0 Å². The Morgan fingerprint density at radius 3 is 2.45 bits per heavy atom. The smallest absolute Gasteiger partial charge is 0.493 e. The van der Waals surface area contributed by atoms with E-state index in [0.717, 1.165) is 11.1 Å². The molecule has 0 spiro atoms. The molecule has 1 atom stereocenters. The maximum Gasteiger partial charge on any atom is 0.573 e. The standard InChI is InChI=1S/C22H24BrF3O5/c1-14-12-17(6-4-16(14)5-9-21(27)28-3)29-11-10-15(2)30-20-8-7-18(13-19(20)23)31-22(24,25)26/h4,6-8,12-13,15H,5,9-11H2,1-3H3/t15-/m1/s1. The van der Waals surface area contributed by atoms with E-state index < -0.39 is 6.36 Å². The SMILES string of the molecule is COC(=O)CCc1ccc(OCC[C@@H](C)Oc2ccc(OC(F)(F)F)cc2Br)cc1C. The van der Waals surface area contributed by atoms with E-state index >= 15 is 0 Å². The van der Waals surface area contributed by atoms with Crippen LogP contribution >= 0.6 is 15.9 Å². The summed E-state index contributed by atoms with van der Waals surface area (Å²) in [5, 5.41) is 0. The van der Waals surface area contributed by atoms with E-state index in [1.54, 1.807) is 0 Å². The predicted molar refractivity (Wildman–Crippen MR) is 113 cm³/mol. The lowest BCUT2D eigenvalue weighted by Gasteiger charge is -2.17. The predicted octanol–water partition coefficient (Wildman–Crippen LogP) is 6.00. The van der Waals surface area contributed by atoms with Crippen LogP contribution in [0.5, 0.6) is 17.2 Å². The van der Waals surface area contributed by atoms with Gasteiger partial charge < -0.3 is 18.9 Å². The van der Waals surface area contributed by atoms with Gasteiger partial charge in [0.2, 0.25) is 0 Å². The fourth-order valence-electron chi connectivity index (χ4n) is 2.77. The van der Waals surface area contributed by atoms with Crippen molar-refractivity contribution in [3.8, 4) is 17.2 Å². The summed E-state index contributed by atoms with van der Waals surface area (Å²) < 4.78 is 57.3. The molecule has 0 aliphatic heterocycles. The van der Waals surface area contributed by atoms with Gasteiger partial charge in [-0.2, -0.15) is 0 Å². The Morgan fingerprint density at radius 1 is 1.13 bits per heavy atom. The summed E-state index contributed by atoms with van der Waals surface area (Å²) in [7, 11) is 1.37. The van der Waals surface area contributed by atoms with E-state index in [1.165, 1.54) is 25.3 Å². The highest BCUT2D eigenvalue weighted by Crippen LogP contribution is 2.32. The third kappa shape index (κ3) is 8.69. The quantitative estimate of drug-likeness (QED) is 0.371. The molecule has 2 aromatic rings. The van der Waals surface area contributed by atoms with Gasteiger partial charge in [-0.15, -0.1) is 13.2 Å². The summed E-state index contributed by atoms with van der Waals surface area (Å²) in [5.74, 6) is 0.546. The van der Waals surface area contributed by atoms with E-state index in [1.807, 2.05) is 32.0 Å². The molecule has 0 amide bonds. The highest BCUT2D eigenvalue weighted by Gasteiger charge is 2.31. The Balaban J connectivity index is 1.82. The van der Waals surface area contributed by atoms with Gasteiger partial charge in [0.25, 0.3) is 0 Å². The lowest BCUT2D eigenvalue weighted by Crippen LogP contribution is -2.18. The zero-order valence-electron chi connectivity index (χ0n) is 17.4. The maximum absolute atomic E-state index is 12.3. The molecule has 0 saturated carbocycles. The average Bonchev–Trinajstić information content (AvgIpc) is 2.68. The molecular weight excluding hydrogens is 481 g/mol. The number of alkyl halides is 3. The zero-order valence-corrected chi connectivity index (χ0v) is 19.0. The molecule has 2 aromatic carbocycles. The molecule has 0 unspecified atom stereocenters. The molecule has 9 heteroatoms. The van der Waals surface area contributed by atoms with Crippen LogP contribution in [0.4, 0.5) is 13.2 Å². The number of ether oxygens (including phenoxy) is 4. The molecule has 31 heavy (non-hydrogen) atoms. The number of aryl methyl sites for hydroxylation is 2. The molecule has 0 heterocycles. The first kappa shape index (κ1) is 24.8. The lowest BCUT2D eigenvalue weighted by atomic mass is 10.0. The normalized spacial score (nSPS) is 12.2. The molecule has 0 radical (unpaired) electrons. The second-order valence-corrected chi connectivity index (χ2v) is 7.72. The number of carbonyl (C=O) groups excluding carboxylic acids is 1. The summed E-state index contributed by atoms with van der Waals surface area (Å²) in [6.45, 7) is 4.20. The van der Waals surface area contributed by atoms with Crippen molar-refractivity contribution in [1.82, 2.24) is 0 Å². The third-order valence-corrected chi connectivity index (χ3v) is 5.02. The summed E-state index contributed by atoms with van der Waals surface area (Å²) in [5.41, 5.74) is 2.08. The van der Waals surface area contributed by atoms with Crippen LogP contribution in [-0.2, 0) is 16.0 Å². The lowest BCUT2D eigenvalue weighted by molar-refractivity contribution is -0.274. The number of rotatable bonds is 10. The van der Waals surface area contributed by atoms with Gasteiger partial charge in [0.05, 0.1) is 24.3 Å². The van der Waals surface area contributed by atoms with Crippen molar-refractivity contribution in [3.63, 3.8) is 0 Å². The molecule has 0 bridgehead atoms. The molecule has 0 aliphatic carbocycles. The fourth-order valence-corrected chi connectivity index (χ4v) is 3.22. The van der Waals surface area contributed by atoms with Crippen molar-refractivity contribution in [2.75, 3.05) is 13.7 Å². The van der Waals surface area contributed by atoms with Crippen molar-refractivity contribution in [1.29, 1.82) is 0 Å². The Hall–Kier alpha value is -2.42. The van der Waals surface area contributed by atoms with Crippen LogP contribution in [0.1, 0.15) is 30.9 Å². The van der Waals surface area contributed by atoms with Crippen LogP contribution in [0.25, 0.3) is 0 Å². The number of benzene rings is 2. The third-order valence-electron chi connectivity index (χ3n) is 4.40. The fraction of sp³-hybridized carbons (Fsp3) is 0.409. The van der Waals surface area contributed by atoms with Gasteiger partial charge in [-0.1, -0.05) is 6.07 Å². The summed E-state index contributed by atoms with van der Waals surface area (Å²) >= 11 is 3.20. The number of methoxy groups -OCH3 is 1. The first-order valence-electron chi connectivity index (χ1n) is 9.58. The molecule has 0 saturated heterocycles. The number of hydrogen-bond acceptors (Lipinski definition) is 5. The second kappa shape index (κ2) is 11.3. The second-order valence-electron chi connectivity index (χ2n) is 6.87. The molecular formula is C22H24BrF3O5. The van der Waals surface area contributed by atoms with Crippen LogP contribution in [-0.4, -0.2) is 32.2 Å². The monoisotopic (exact) mass is 504 g/mol. The summed E-state index contributed by atoms with van der Waals surface area (Å²) in [4.78, 5) is 11.3. The van der Waals surface area contributed by atoms with Gasteiger partial charge >= 0.3 is 12.3 Å². The van der Waals surface area contributed by atoms with Gasteiger partial charge in [0, 0.05) is 12.8 Å². The van der Waals surface area contributed by atoms with Gasteiger partial charge in [0.1, 0.15) is 17.2 Å². The Bertz CT molecular complexity index is 886. The van der Waals surface area contributed by atoms with Crippen molar-refractivity contribution in [2.24, 2.45) is 0 Å². The molecule has 0 aromatic heterocycles. The highest BCUT2D eigenvalue weighted by molar-refractivity contribution is 9.10. The molecule has 5 nitrogen and oxygen atoms in total. The van der Waals surface area contributed by atoms with Gasteiger partial charge in [-0.3, -0.25) is 4.79 Å². The summed E-state index contributed by atoms with van der Waals surface area (Å²) in [6, 6.07) is 9.50. The number of hydrogen-bond donors (Lipinski definition) is 0. The Kier molecular flexibility index (Phi) is 9.03. The Morgan fingerprint density at radius 2 is 1.84 bits per heavy atom. The number of carbonyl (C=O) groups is 1. The van der Waals surface area contributed by atoms with E-state index in [9.17, 15) is 18.0 Å². The van der Waals surface area contributed by atoms with Crippen molar-refractivity contribution in [3.05, 3.63) is 52.0 Å².